The molecule has 0 bridgehead atoms. The molecular formula is C15H20N2OS. The van der Waals surface area contributed by atoms with E-state index in [0.717, 1.165) is 30.7 Å². The Bertz CT molecular complexity index is 436. The SMILES string of the molecule is CCCCN(C)C(=O)CSCc1ccc(C#N)cc1. The Balaban J connectivity index is 2.29. The molecule has 0 saturated carbocycles. The van der Waals surface area contributed by atoms with Crippen LogP contribution in [0, 0.1) is 11.3 Å². The highest BCUT2D eigenvalue weighted by Crippen LogP contribution is 2.13. The van der Waals surface area contributed by atoms with Crippen molar-refractivity contribution in [2.24, 2.45) is 0 Å². The lowest BCUT2D eigenvalue weighted by atomic mass is 10.2. The van der Waals surface area contributed by atoms with Gasteiger partial charge in [0.05, 0.1) is 17.4 Å². The van der Waals surface area contributed by atoms with Crippen molar-refractivity contribution in [3.8, 4) is 6.07 Å². The van der Waals surface area contributed by atoms with E-state index in [2.05, 4.69) is 13.0 Å². The van der Waals surface area contributed by atoms with Crippen LogP contribution in [0.5, 0.6) is 0 Å². The number of unbranched alkanes of at least 4 members (excludes halogenated alkanes) is 1. The molecule has 0 heterocycles. The fourth-order valence-corrected chi connectivity index (χ4v) is 2.49. The minimum Gasteiger partial charge on any atom is -0.345 e. The van der Waals surface area contributed by atoms with Crippen molar-refractivity contribution < 1.29 is 4.79 Å². The Hall–Kier alpha value is -1.47. The van der Waals surface area contributed by atoms with Gasteiger partial charge < -0.3 is 4.90 Å². The molecule has 0 fully saturated rings. The number of hydrogen-bond acceptors (Lipinski definition) is 3. The molecule has 0 aliphatic carbocycles. The largest absolute Gasteiger partial charge is 0.345 e. The molecule has 102 valence electrons. The molecule has 0 spiro atoms. The molecule has 1 amide bonds. The summed E-state index contributed by atoms with van der Waals surface area (Å²) in [4.78, 5) is 13.6. The summed E-state index contributed by atoms with van der Waals surface area (Å²) >= 11 is 1.62. The number of benzene rings is 1. The summed E-state index contributed by atoms with van der Waals surface area (Å²) in [6.07, 6.45) is 2.17. The first kappa shape index (κ1) is 15.6. The standard InChI is InChI=1S/C15H20N2OS/c1-3-4-9-17(2)15(18)12-19-11-14-7-5-13(10-16)6-8-14/h5-8H,3-4,9,11-12H2,1-2H3. The Labute approximate surface area is 119 Å². The molecule has 0 unspecified atom stereocenters. The second-order valence-electron chi connectivity index (χ2n) is 4.47. The summed E-state index contributed by atoms with van der Waals surface area (Å²) in [6, 6.07) is 9.60. The number of amides is 1. The zero-order valence-corrected chi connectivity index (χ0v) is 12.4. The summed E-state index contributed by atoms with van der Waals surface area (Å²) in [7, 11) is 1.86. The molecule has 0 aliphatic rings. The van der Waals surface area contributed by atoms with Gasteiger partial charge in [0.25, 0.3) is 0 Å². The topological polar surface area (TPSA) is 44.1 Å². The van der Waals surface area contributed by atoms with E-state index in [0.29, 0.717) is 11.3 Å². The number of hydrogen-bond donors (Lipinski definition) is 0. The van der Waals surface area contributed by atoms with Gasteiger partial charge in [0, 0.05) is 19.3 Å². The predicted octanol–water partition coefficient (Wildman–Crippen LogP) is 3.05. The molecular weight excluding hydrogens is 256 g/mol. The van der Waals surface area contributed by atoms with Gasteiger partial charge in [-0.2, -0.15) is 5.26 Å². The molecule has 3 nitrogen and oxygen atoms in total. The molecule has 1 rings (SSSR count). The second-order valence-corrected chi connectivity index (χ2v) is 5.46. The first-order valence-electron chi connectivity index (χ1n) is 6.48. The van der Waals surface area contributed by atoms with Crippen molar-refractivity contribution in [1.29, 1.82) is 5.26 Å². The summed E-state index contributed by atoms with van der Waals surface area (Å²) in [5, 5.41) is 8.70. The molecule has 4 heteroatoms. The van der Waals surface area contributed by atoms with Gasteiger partial charge in [-0.25, -0.2) is 0 Å². The van der Waals surface area contributed by atoms with Gasteiger partial charge in [-0.15, -0.1) is 11.8 Å². The third-order valence-corrected chi connectivity index (χ3v) is 3.84. The van der Waals surface area contributed by atoms with Gasteiger partial charge in [0.1, 0.15) is 0 Å². The second kappa shape index (κ2) is 8.60. The number of thioether (sulfide) groups is 1. The number of rotatable bonds is 7. The highest BCUT2D eigenvalue weighted by atomic mass is 32.2. The van der Waals surface area contributed by atoms with E-state index in [1.165, 1.54) is 0 Å². The van der Waals surface area contributed by atoms with E-state index in [-0.39, 0.29) is 5.91 Å². The van der Waals surface area contributed by atoms with Crippen LogP contribution in [0.3, 0.4) is 0 Å². The van der Waals surface area contributed by atoms with E-state index >= 15 is 0 Å². The van der Waals surface area contributed by atoms with Gasteiger partial charge in [0.2, 0.25) is 5.91 Å². The third-order valence-electron chi connectivity index (χ3n) is 2.85. The highest BCUT2D eigenvalue weighted by molar-refractivity contribution is 7.99. The quantitative estimate of drug-likeness (QED) is 0.769. The van der Waals surface area contributed by atoms with Crippen molar-refractivity contribution in [2.45, 2.75) is 25.5 Å². The minimum absolute atomic E-state index is 0.187. The zero-order chi connectivity index (χ0) is 14.1. The minimum atomic E-state index is 0.187. The van der Waals surface area contributed by atoms with Crippen LogP contribution in [0.1, 0.15) is 30.9 Å². The fourth-order valence-electron chi connectivity index (χ4n) is 1.56. The number of carbonyl (C=O) groups excluding carboxylic acids is 1. The summed E-state index contributed by atoms with van der Waals surface area (Å²) in [6.45, 7) is 2.96. The molecule has 0 atom stereocenters. The monoisotopic (exact) mass is 276 g/mol. The first-order valence-corrected chi connectivity index (χ1v) is 7.63. The molecule has 0 N–H and O–H groups in total. The van der Waals surface area contributed by atoms with Crippen LogP contribution in [-0.4, -0.2) is 30.2 Å². The highest BCUT2D eigenvalue weighted by Gasteiger charge is 2.07. The summed E-state index contributed by atoms with van der Waals surface area (Å²) in [5.41, 5.74) is 1.82. The van der Waals surface area contributed by atoms with Crippen molar-refractivity contribution in [3.63, 3.8) is 0 Å². The number of nitriles is 1. The van der Waals surface area contributed by atoms with Crippen LogP contribution >= 0.6 is 11.8 Å². The molecule has 0 aliphatic heterocycles. The van der Waals surface area contributed by atoms with Crippen LogP contribution in [0.2, 0.25) is 0 Å². The lowest BCUT2D eigenvalue weighted by Gasteiger charge is -2.16. The van der Waals surface area contributed by atoms with Crippen molar-refractivity contribution >= 4 is 17.7 Å². The smallest absolute Gasteiger partial charge is 0.232 e. The molecule has 0 radical (unpaired) electrons. The summed E-state index contributed by atoms with van der Waals surface area (Å²) < 4.78 is 0. The number of nitrogens with zero attached hydrogens (tertiary/aromatic N) is 2. The van der Waals surface area contributed by atoms with Gasteiger partial charge in [0.15, 0.2) is 0 Å². The van der Waals surface area contributed by atoms with Gasteiger partial charge in [-0.3, -0.25) is 4.79 Å². The Morgan fingerprint density at radius 3 is 2.63 bits per heavy atom. The normalized spacial score (nSPS) is 9.95. The van der Waals surface area contributed by atoms with Crippen LogP contribution < -0.4 is 0 Å². The van der Waals surface area contributed by atoms with E-state index in [1.54, 1.807) is 16.7 Å². The van der Waals surface area contributed by atoms with E-state index < -0.39 is 0 Å². The van der Waals surface area contributed by atoms with Crippen LogP contribution in [-0.2, 0) is 10.5 Å². The van der Waals surface area contributed by atoms with Crippen LogP contribution in [0.4, 0.5) is 0 Å². The zero-order valence-electron chi connectivity index (χ0n) is 11.6. The fraction of sp³-hybridized carbons (Fsp3) is 0.467. The van der Waals surface area contributed by atoms with Crippen molar-refractivity contribution in [1.82, 2.24) is 4.90 Å². The summed E-state index contributed by atoms with van der Waals surface area (Å²) in [5.74, 6) is 1.51. The van der Waals surface area contributed by atoms with Crippen LogP contribution in [0.25, 0.3) is 0 Å². The van der Waals surface area contributed by atoms with Crippen molar-refractivity contribution in [3.05, 3.63) is 35.4 Å². The molecule has 1 aromatic carbocycles. The maximum absolute atomic E-state index is 11.8. The Morgan fingerprint density at radius 2 is 2.05 bits per heavy atom. The average molecular weight is 276 g/mol. The lowest BCUT2D eigenvalue weighted by molar-refractivity contribution is -0.127. The molecule has 1 aromatic rings. The van der Waals surface area contributed by atoms with Gasteiger partial charge in [-0.1, -0.05) is 25.5 Å². The molecule has 0 saturated heterocycles. The predicted molar refractivity (Wildman–Crippen MR) is 79.9 cm³/mol. The molecule has 19 heavy (non-hydrogen) atoms. The Kier molecular flexibility index (Phi) is 7.06. The Morgan fingerprint density at radius 1 is 1.37 bits per heavy atom. The van der Waals surface area contributed by atoms with Gasteiger partial charge >= 0.3 is 0 Å². The molecule has 0 aromatic heterocycles. The van der Waals surface area contributed by atoms with Gasteiger partial charge in [-0.05, 0) is 24.1 Å². The maximum Gasteiger partial charge on any atom is 0.232 e. The lowest BCUT2D eigenvalue weighted by Crippen LogP contribution is -2.29. The van der Waals surface area contributed by atoms with E-state index in [4.69, 9.17) is 5.26 Å². The van der Waals surface area contributed by atoms with E-state index in [9.17, 15) is 4.79 Å². The average Bonchev–Trinajstić information content (AvgIpc) is 2.45. The van der Waals surface area contributed by atoms with Crippen molar-refractivity contribution in [2.75, 3.05) is 19.3 Å². The van der Waals surface area contributed by atoms with Crippen LogP contribution in [0.15, 0.2) is 24.3 Å². The van der Waals surface area contributed by atoms with E-state index in [1.807, 2.05) is 31.3 Å². The number of carbonyl (C=O) groups is 1. The maximum atomic E-state index is 11.8. The first-order chi connectivity index (χ1) is 9.17. The third kappa shape index (κ3) is 5.80.